The van der Waals surface area contributed by atoms with Crippen molar-refractivity contribution in [2.24, 2.45) is 5.92 Å². The maximum absolute atomic E-state index is 11.6. The molecule has 1 amide bonds. The number of allylic oxidation sites excluding steroid dienone is 2. The topological polar surface area (TPSA) is 29.1 Å². The summed E-state index contributed by atoms with van der Waals surface area (Å²) in [6.45, 7) is 0.875. The lowest BCUT2D eigenvalue weighted by atomic mass is 10.1. The van der Waals surface area contributed by atoms with Crippen LogP contribution >= 0.6 is 11.8 Å². The molecule has 2 nitrogen and oxygen atoms in total. The minimum Gasteiger partial charge on any atom is -0.355 e. The van der Waals surface area contributed by atoms with Crippen LogP contribution in [0.3, 0.4) is 0 Å². The van der Waals surface area contributed by atoms with Crippen molar-refractivity contribution in [1.82, 2.24) is 5.32 Å². The van der Waals surface area contributed by atoms with Gasteiger partial charge in [0.25, 0.3) is 0 Å². The van der Waals surface area contributed by atoms with E-state index in [2.05, 4.69) is 17.5 Å². The number of hydrogen-bond acceptors (Lipinski definition) is 2. The molecule has 1 saturated heterocycles. The fourth-order valence-corrected chi connectivity index (χ4v) is 3.41. The molecule has 2 aliphatic rings. The molecule has 15 heavy (non-hydrogen) atoms. The largest absolute Gasteiger partial charge is 0.355 e. The minimum absolute atomic E-state index is 0.235. The molecule has 0 bridgehead atoms. The number of hydrogen-bond donors (Lipinski definition) is 1. The summed E-state index contributed by atoms with van der Waals surface area (Å²) in [6, 6.07) is 0. The molecule has 0 aromatic rings. The Morgan fingerprint density at radius 1 is 1.47 bits per heavy atom. The quantitative estimate of drug-likeness (QED) is 0.744. The zero-order chi connectivity index (χ0) is 10.5. The first kappa shape index (κ1) is 11.1. The fourth-order valence-electron chi connectivity index (χ4n) is 2.21. The van der Waals surface area contributed by atoms with Gasteiger partial charge in [0.15, 0.2) is 0 Å². The molecule has 0 saturated carbocycles. The number of rotatable bonds is 4. The van der Waals surface area contributed by atoms with Crippen molar-refractivity contribution in [2.75, 3.05) is 12.3 Å². The van der Waals surface area contributed by atoms with Crippen LogP contribution in [0, 0.1) is 5.92 Å². The van der Waals surface area contributed by atoms with Gasteiger partial charge in [0.05, 0.1) is 0 Å². The van der Waals surface area contributed by atoms with Gasteiger partial charge in [-0.15, -0.1) is 0 Å². The third-order valence-electron chi connectivity index (χ3n) is 3.11. The molecule has 0 radical (unpaired) electrons. The van der Waals surface area contributed by atoms with Crippen molar-refractivity contribution in [1.29, 1.82) is 0 Å². The predicted molar refractivity (Wildman–Crippen MR) is 65.0 cm³/mol. The van der Waals surface area contributed by atoms with Crippen LogP contribution in [0.15, 0.2) is 12.2 Å². The summed E-state index contributed by atoms with van der Waals surface area (Å²) in [5.74, 6) is 2.01. The Morgan fingerprint density at radius 2 is 2.40 bits per heavy atom. The minimum atomic E-state index is 0.235. The fraction of sp³-hybridized carbons (Fsp3) is 0.750. The lowest BCUT2D eigenvalue weighted by molar-refractivity contribution is -0.121. The summed E-state index contributed by atoms with van der Waals surface area (Å²) in [4.78, 5) is 11.6. The number of amides is 1. The maximum Gasteiger partial charge on any atom is 0.220 e. The van der Waals surface area contributed by atoms with E-state index >= 15 is 0 Å². The van der Waals surface area contributed by atoms with Crippen molar-refractivity contribution >= 4 is 17.7 Å². The van der Waals surface area contributed by atoms with Crippen LogP contribution in [0.1, 0.15) is 32.1 Å². The van der Waals surface area contributed by atoms with Crippen LogP contribution in [0.25, 0.3) is 0 Å². The Balaban J connectivity index is 1.61. The molecule has 2 atom stereocenters. The average molecular weight is 225 g/mol. The van der Waals surface area contributed by atoms with Crippen LogP contribution in [-0.2, 0) is 4.79 Å². The molecule has 1 aliphatic heterocycles. The lowest BCUT2D eigenvalue weighted by Crippen LogP contribution is -2.30. The second kappa shape index (κ2) is 5.59. The highest BCUT2D eigenvalue weighted by Gasteiger charge is 2.18. The van der Waals surface area contributed by atoms with Crippen LogP contribution in [0.5, 0.6) is 0 Å². The molecule has 1 N–H and O–H groups in total. The molecule has 0 unspecified atom stereocenters. The van der Waals surface area contributed by atoms with Gasteiger partial charge in [-0.25, -0.2) is 0 Å². The van der Waals surface area contributed by atoms with Crippen LogP contribution in [0.4, 0.5) is 0 Å². The van der Waals surface area contributed by atoms with E-state index in [-0.39, 0.29) is 5.91 Å². The van der Waals surface area contributed by atoms with Crippen molar-refractivity contribution in [3.05, 3.63) is 12.2 Å². The van der Waals surface area contributed by atoms with E-state index in [0.29, 0.717) is 17.6 Å². The summed E-state index contributed by atoms with van der Waals surface area (Å²) in [7, 11) is 0. The summed E-state index contributed by atoms with van der Waals surface area (Å²) >= 11 is 2.00. The summed E-state index contributed by atoms with van der Waals surface area (Å²) in [5.41, 5.74) is 0. The molecule has 1 fully saturated rings. The second-order valence-corrected chi connectivity index (χ2v) is 5.82. The predicted octanol–water partition coefficient (Wildman–Crippen LogP) is 2.35. The van der Waals surface area contributed by atoms with E-state index in [1.807, 2.05) is 11.8 Å². The molecule has 84 valence electrons. The van der Waals surface area contributed by atoms with Crippen LogP contribution < -0.4 is 5.32 Å². The van der Waals surface area contributed by atoms with Crippen molar-refractivity contribution < 1.29 is 4.79 Å². The molecule has 0 aromatic heterocycles. The third kappa shape index (κ3) is 3.56. The highest BCUT2D eigenvalue weighted by molar-refractivity contribution is 8.00. The molecule has 0 spiro atoms. The molecule has 2 rings (SSSR count). The summed E-state index contributed by atoms with van der Waals surface area (Å²) in [5, 5.41) is 3.73. The monoisotopic (exact) mass is 225 g/mol. The first-order chi connectivity index (χ1) is 7.34. The van der Waals surface area contributed by atoms with Crippen molar-refractivity contribution in [3.63, 3.8) is 0 Å². The summed E-state index contributed by atoms with van der Waals surface area (Å²) in [6.07, 6.45) is 9.95. The Morgan fingerprint density at radius 3 is 3.07 bits per heavy atom. The van der Waals surface area contributed by atoms with Gasteiger partial charge in [-0.1, -0.05) is 12.2 Å². The Bertz CT molecular complexity index is 246. The molecule has 1 aliphatic carbocycles. The normalized spacial score (nSPS) is 29.6. The van der Waals surface area contributed by atoms with Gasteiger partial charge < -0.3 is 5.32 Å². The SMILES string of the molecule is O=C(C[C@H]1C=CCC1)NC[C@H]1CCCS1. The maximum atomic E-state index is 11.6. The Labute approximate surface area is 95.9 Å². The highest BCUT2D eigenvalue weighted by atomic mass is 32.2. The lowest BCUT2D eigenvalue weighted by Gasteiger charge is -2.11. The first-order valence-corrected chi connectivity index (χ1v) is 6.94. The van der Waals surface area contributed by atoms with Gasteiger partial charge in [0.2, 0.25) is 5.91 Å². The van der Waals surface area contributed by atoms with Gasteiger partial charge >= 0.3 is 0 Å². The zero-order valence-corrected chi connectivity index (χ0v) is 9.89. The van der Waals surface area contributed by atoms with E-state index < -0.39 is 0 Å². The van der Waals surface area contributed by atoms with E-state index in [1.165, 1.54) is 18.6 Å². The summed E-state index contributed by atoms with van der Waals surface area (Å²) < 4.78 is 0. The van der Waals surface area contributed by atoms with Crippen molar-refractivity contribution in [2.45, 2.75) is 37.4 Å². The molecule has 3 heteroatoms. The van der Waals surface area contributed by atoms with Crippen molar-refractivity contribution in [3.8, 4) is 0 Å². The number of nitrogens with one attached hydrogen (secondary N) is 1. The Hall–Kier alpha value is -0.440. The third-order valence-corrected chi connectivity index (χ3v) is 4.51. The van der Waals surface area contributed by atoms with Gasteiger partial charge in [0.1, 0.15) is 0 Å². The van der Waals surface area contributed by atoms with Gasteiger partial charge in [-0.3, -0.25) is 4.79 Å². The van der Waals surface area contributed by atoms with Gasteiger partial charge in [-0.2, -0.15) is 11.8 Å². The number of carbonyl (C=O) groups is 1. The van der Waals surface area contributed by atoms with E-state index in [0.717, 1.165) is 19.4 Å². The molecular weight excluding hydrogens is 206 g/mol. The van der Waals surface area contributed by atoms with Gasteiger partial charge in [0, 0.05) is 18.2 Å². The first-order valence-electron chi connectivity index (χ1n) is 5.89. The van der Waals surface area contributed by atoms with Gasteiger partial charge in [-0.05, 0) is 37.4 Å². The second-order valence-electron chi connectivity index (χ2n) is 4.41. The smallest absolute Gasteiger partial charge is 0.220 e. The zero-order valence-electron chi connectivity index (χ0n) is 9.08. The Kier molecular flexibility index (Phi) is 4.12. The van der Waals surface area contributed by atoms with Crippen LogP contribution in [-0.4, -0.2) is 23.5 Å². The number of thioether (sulfide) groups is 1. The number of carbonyl (C=O) groups excluding carboxylic acids is 1. The average Bonchev–Trinajstić information content (AvgIpc) is 2.86. The van der Waals surface area contributed by atoms with Crippen LogP contribution in [0.2, 0.25) is 0 Å². The standard InChI is InChI=1S/C12H19NOS/c14-12(8-10-4-1-2-5-10)13-9-11-6-3-7-15-11/h1,4,10-11H,2-3,5-9H2,(H,13,14)/t10-,11+/m0/s1. The highest BCUT2D eigenvalue weighted by Crippen LogP contribution is 2.25. The molecule has 1 heterocycles. The van der Waals surface area contributed by atoms with E-state index in [4.69, 9.17) is 0 Å². The molecule has 0 aromatic carbocycles. The van der Waals surface area contributed by atoms with E-state index in [9.17, 15) is 4.79 Å². The molecular formula is C12H19NOS. The van der Waals surface area contributed by atoms with E-state index in [1.54, 1.807) is 0 Å².